The largest absolute Gasteiger partial charge is 0.454 e. The molecule has 4 rings (SSSR count). The summed E-state index contributed by atoms with van der Waals surface area (Å²) in [7, 11) is 0. The molecule has 1 aromatic heterocycles. The molecular weight excluding hydrogens is 306 g/mol. The van der Waals surface area contributed by atoms with E-state index in [0.717, 1.165) is 35.8 Å². The molecule has 2 aliphatic rings. The lowest BCUT2D eigenvalue weighted by Gasteiger charge is -2.37. The fourth-order valence-corrected chi connectivity index (χ4v) is 3.33. The van der Waals surface area contributed by atoms with Gasteiger partial charge in [-0.05, 0) is 36.2 Å². The Morgan fingerprint density at radius 3 is 2.92 bits per heavy atom. The number of rotatable bonds is 2. The molecule has 2 atom stereocenters. The molecule has 122 valence electrons. The lowest BCUT2D eigenvalue weighted by molar-refractivity contribution is 0.129. The van der Waals surface area contributed by atoms with Crippen LogP contribution in [0.25, 0.3) is 0 Å². The standard InChI is InChI=1S/C18H17N3O3/c19-9-12-3-5-20-18(7-12)21-6-4-14(15(22)10-21)13-1-2-16-17(8-13)24-11-23-16/h1-3,5,7-8,14-15,22H,4,6,10-11H2/t14-,15+/m0/s1. The monoisotopic (exact) mass is 323 g/mol. The molecule has 0 saturated carbocycles. The van der Waals surface area contributed by atoms with Gasteiger partial charge in [0.2, 0.25) is 6.79 Å². The second-order valence-corrected chi connectivity index (χ2v) is 6.04. The van der Waals surface area contributed by atoms with Crippen molar-refractivity contribution in [2.24, 2.45) is 0 Å². The Bertz CT molecular complexity index is 802. The molecular formula is C18H17N3O3. The predicted octanol–water partition coefficient (Wildman–Crippen LogP) is 2.04. The number of nitriles is 1. The number of aliphatic hydroxyl groups excluding tert-OH is 1. The first-order chi connectivity index (χ1) is 11.7. The van der Waals surface area contributed by atoms with Gasteiger partial charge in [-0.3, -0.25) is 0 Å². The van der Waals surface area contributed by atoms with E-state index < -0.39 is 6.10 Å². The van der Waals surface area contributed by atoms with Gasteiger partial charge in [0, 0.05) is 25.2 Å². The lowest BCUT2D eigenvalue weighted by Crippen LogP contribution is -2.43. The molecule has 2 aromatic rings. The highest BCUT2D eigenvalue weighted by molar-refractivity contribution is 5.48. The Labute approximate surface area is 139 Å². The van der Waals surface area contributed by atoms with Gasteiger partial charge in [-0.1, -0.05) is 6.07 Å². The first-order valence-electron chi connectivity index (χ1n) is 7.93. The SMILES string of the molecule is N#Cc1ccnc(N2CC[C@@H](c3ccc4c(c3)OCO4)[C@H](O)C2)c1. The first-order valence-corrected chi connectivity index (χ1v) is 7.93. The van der Waals surface area contributed by atoms with Crippen molar-refractivity contribution >= 4 is 5.82 Å². The third-order valence-electron chi connectivity index (χ3n) is 4.61. The van der Waals surface area contributed by atoms with Gasteiger partial charge in [0.25, 0.3) is 0 Å². The van der Waals surface area contributed by atoms with Gasteiger partial charge in [-0.25, -0.2) is 4.98 Å². The lowest BCUT2D eigenvalue weighted by atomic mass is 9.87. The minimum Gasteiger partial charge on any atom is -0.454 e. The second kappa shape index (κ2) is 6.02. The summed E-state index contributed by atoms with van der Waals surface area (Å²) in [6.45, 7) is 1.51. The highest BCUT2D eigenvalue weighted by Gasteiger charge is 2.30. The molecule has 6 nitrogen and oxygen atoms in total. The molecule has 1 fully saturated rings. The number of aromatic nitrogens is 1. The Balaban J connectivity index is 1.51. The number of nitrogens with zero attached hydrogens (tertiary/aromatic N) is 3. The Kier molecular flexibility index (Phi) is 3.71. The first kappa shape index (κ1) is 14.8. The van der Waals surface area contributed by atoms with E-state index in [1.807, 2.05) is 23.1 Å². The normalized spacial score (nSPS) is 22.2. The van der Waals surface area contributed by atoms with Crippen molar-refractivity contribution in [1.29, 1.82) is 5.26 Å². The molecule has 1 saturated heterocycles. The van der Waals surface area contributed by atoms with E-state index in [1.54, 1.807) is 18.3 Å². The fourth-order valence-electron chi connectivity index (χ4n) is 3.33. The summed E-state index contributed by atoms with van der Waals surface area (Å²) < 4.78 is 10.8. The zero-order chi connectivity index (χ0) is 16.5. The zero-order valence-corrected chi connectivity index (χ0v) is 13.1. The molecule has 3 heterocycles. The number of hydrogen-bond donors (Lipinski definition) is 1. The molecule has 2 aliphatic heterocycles. The molecule has 0 bridgehead atoms. The van der Waals surface area contributed by atoms with Crippen molar-refractivity contribution in [3.63, 3.8) is 0 Å². The summed E-state index contributed by atoms with van der Waals surface area (Å²) >= 11 is 0. The molecule has 0 spiro atoms. The Morgan fingerprint density at radius 2 is 2.08 bits per heavy atom. The summed E-state index contributed by atoms with van der Waals surface area (Å²) in [6.07, 6.45) is 1.93. The summed E-state index contributed by atoms with van der Waals surface area (Å²) in [6, 6.07) is 11.4. The maximum atomic E-state index is 10.6. The fraction of sp³-hybridized carbons (Fsp3) is 0.333. The van der Waals surface area contributed by atoms with Crippen LogP contribution in [-0.4, -0.2) is 36.1 Å². The number of benzene rings is 1. The van der Waals surface area contributed by atoms with Crippen LogP contribution in [-0.2, 0) is 0 Å². The van der Waals surface area contributed by atoms with Crippen LogP contribution in [0.5, 0.6) is 11.5 Å². The summed E-state index contributed by atoms with van der Waals surface area (Å²) in [4.78, 5) is 6.34. The van der Waals surface area contributed by atoms with Crippen LogP contribution in [0.2, 0.25) is 0 Å². The maximum absolute atomic E-state index is 10.6. The van der Waals surface area contributed by atoms with Crippen LogP contribution >= 0.6 is 0 Å². The van der Waals surface area contributed by atoms with Gasteiger partial charge in [0.15, 0.2) is 11.5 Å². The van der Waals surface area contributed by atoms with E-state index in [0.29, 0.717) is 12.1 Å². The van der Waals surface area contributed by atoms with Crippen molar-refractivity contribution in [1.82, 2.24) is 4.98 Å². The van der Waals surface area contributed by atoms with E-state index in [1.165, 1.54) is 0 Å². The number of piperidine rings is 1. The Hall–Kier alpha value is -2.78. The van der Waals surface area contributed by atoms with Crippen LogP contribution < -0.4 is 14.4 Å². The molecule has 0 unspecified atom stereocenters. The number of β-amino-alcohol motifs (C(OH)–C–C–N with tert-alkyl or cyclic N) is 1. The molecule has 1 aromatic carbocycles. The van der Waals surface area contributed by atoms with Crippen molar-refractivity contribution < 1.29 is 14.6 Å². The van der Waals surface area contributed by atoms with Gasteiger partial charge in [-0.2, -0.15) is 5.26 Å². The quantitative estimate of drug-likeness (QED) is 0.911. The smallest absolute Gasteiger partial charge is 0.231 e. The van der Waals surface area contributed by atoms with E-state index in [-0.39, 0.29) is 12.7 Å². The summed E-state index contributed by atoms with van der Waals surface area (Å²) in [5.74, 6) is 2.28. The highest BCUT2D eigenvalue weighted by Crippen LogP contribution is 2.38. The average Bonchev–Trinajstić information content (AvgIpc) is 3.09. The number of ether oxygens (including phenoxy) is 2. The number of hydrogen-bond acceptors (Lipinski definition) is 6. The molecule has 0 radical (unpaired) electrons. The van der Waals surface area contributed by atoms with Crippen LogP contribution in [0.1, 0.15) is 23.5 Å². The predicted molar refractivity (Wildman–Crippen MR) is 87.1 cm³/mol. The number of anilines is 1. The van der Waals surface area contributed by atoms with Crippen LogP contribution in [0.15, 0.2) is 36.5 Å². The molecule has 24 heavy (non-hydrogen) atoms. The topological polar surface area (TPSA) is 78.6 Å². The van der Waals surface area contributed by atoms with Gasteiger partial charge in [0.1, 0.15) is 5.82 Å². The average molecular weight is 323 g/mol. The van der Waals surface area contributed by atoms with Crippen LogP contribution in [0, 0.1) is 11.3 Å². The molecule has 0 aliphatic carbocycles. The molecule has 0 amide bonds. The van der Waals surface area contributed by atoms with E-state index >= 15 is 0 Å². The zero-order valence-electron chi connectivity index (χ0n) is 13.1. The van der Waals surface area contributed by atoms with E-state index in [2.05, 4.69) is 11.1 Å². The number of fused-ring (bicyclic) bond motifs is 1. The van der Waals surface area contributed by atoms with Crippen molar-refractivity contribution in [3.05, 3.63) is 47.7 Å². The summed E-state index contributed by atoms with van der Waals surface area (Å²) in [5.41, 5.74) is 1.64. The van der Waals surface area contributed by atoms with Crippen molar-refractivity contribution in [2.75, 3.05) is 24.8 Å². The van der Waals surface area contributed by atoms with Crippen LogP contribution in [0.3, 0.4) is 0 Å². The van der Waals surface area contributed by atoms with E-state index in [4.69, 9.17) is 14.7 Å². The van der Waals surface area contributed by atoms with Gasteiger partial charge >= 0.3 is 0 Å². The van der Waals surface area contributed by atoms with Crippen molar-refractivity contribution in [3.8, 4) is 17.6 Å². The van der Waals surface area contributed by atoms with Gasteiger partial charge < -0.3 is 19.5 Å². The van der Waals surface area contributed by atoms with E-state index in [9.17, 15) is 5.11 Å². The third-order valence-corrected chi connectivity index (χ3v) is 4.61. The minimum absolute atomic E-state index is 0.0508. The van der Waals surface area contributed by atoms with Crippen LogP contribution in [0.4, 0.5) is 5.82 Å². The molecule has 1 N–H and O–H groups in total. The Morgan fingerprint density at radius 1 is 1.21 bits per heavy atom. The third kappa shape index (κ3) is 2.63. The van der Waals surface area contributed by atoms with Gasteiger partial charge in [0.05, 0.1) is 17.7 Å². The maximum Gasteiger partial charge on any atom is 0.231 e. The summed E-state index contributed by atoms with van der Waals surface area (Å²) in [5, 5.41) is 19.6. The number of pyridine rings is 1. The minimum atomic E-state index is -0.508. The van der Waals surface area contributed by atoms with Gasteiger partial charge in [-0.15, -0.1) is 0 Å². The number of aliphatic hydroxyl groups is 1. The second-order valence-electron chi connectivity index (χ2n) is 6.04. The highest BCUT2D eigenvalue weighted by atomic mass is 16.7. The molecule has 6 heteroatoms. The van der Waals surface area contributed by atoms with Crippen molar-refractivity contribution in [2.45, 2.75) is 18.4 Å².